The van der Waals surface area contributed by atoms with Gasteiger partial charge in [0.2, 0.25) is 0 Å². The van der Waals surface area contributed by atoms with Gasteiger partial charge in [-0.25, -0.2) is 0 Å². The number of rotatable bonds is 7. The van der Waals surface area contributed by atoms with Gasteiger partial charge in [-0.05, 0) is 116 Å². The van der Waals surface area contributed by atoms with Crippen LogP contribution >= 0.6 is 0 Å². The average Bonchev–Trinajstić information content (AvgIpc) is 3.93. The average molecular weight is 829 g/mol. The van der Waals surface area contributed by atoms with Gasteiger partial charge in [-0.1, -0.05) is 176 Å². The van der Waals surface area contributed by atoms with Crippen LogP contribution in [0, 0.1) is 0 Å². The Hall–Kier alpha value is -8.66. The van der Waals surface area contributed by atoms with E-state index in [1.165, 1.54) is 60.0 Å². The molecule has 13 aromatic rings. The van der Waals surface area contributed by atoms with Gasteiger partial charge in [-0.15, -0.1) is 0 Å². The van der Waals surface area contributed by atoms with Crippen LogP contribution < -0.4 is 4.90 Å². The molecule has 3 nitrogen and oxygen atoms in total. The molecule has 2 heterocycles. The Morgan fingerprint density at radius 1 is 0.323 bits per heavy atom. The van der Waals surface area contributed by atoms with Gasteiger partial charge in [0.15, 0.2) is 0 Å². The van der Waals surface area contributed by atoms with E-state index in [0.29, 0.717) is 0 Å². The van der Waals surface area contributed by atoms with Crippen LogP contribution in [0.25, 0.3) is 104 Å². The van der Waals surface area contributed by atoms with E-state index >= 15 is 0 Å². The molecule has 2 aromatic heterocycles. The Morgan fingerprint density at radius 2 is 0.815 bits per heavy atom. The first kappa shape index (κ1) is 36.9. The molecule has 304 valence electrons. The van der Waals surface area contributed by atoms with Crippen molar-refractivity contribution in [1.82, 2.24) is 4.57 Å². The predicted octanol–water partition coefficient (Wildman–Crippen LogP) is 17.5. The summed E-state index contributed by atoms with van der Waals surface area (Å²) in [5, 5.41) is 9.70. The Kier molecular flexibility index (Phi) is 8.53. The second-order valence-electron chi connectivity index (χ2n) is 16.9. The van der Waals surface area contributed by atoms with Gasteiger partial charge < -0.3 is 13.9 Å². The fourth-order valence-electron chi connectivity index (χ4n) is 10.1. The van der Waals surface area contributed by atoms with Crippen LogP contribution in [0.2, 0.25) is 0 Å². The van der Waals surface area contributed by atoms with Crippen LogP contribution in [0.4, 0.5) is 17.1 Å². The zero-order valence-electron chi connectivity index (χ0n) is 35.4. The van der Waals surface area contributed by atoms with E-state index < -0.39 is 0 Å². The number of furan rings is 1. The van der Waals surface area contributed by atoms with E-state index in [4.69, 9.17) is 4.42 Å². The number of hydrogen-bond acceptors (Lipinski definition) is 2. The molecule has 0 unspecified atom stereocenters. The normalized spacial score (nSPS) is 11.7. The van der Waals surface area contributed by atoms with Gasteiger partial charge in [0.1, 0.15) is 11.2 Å². The predicted molar refractivity (Wildman–Crippen MR) is 274 cm³/mol. The quantitative estimate of drug-likeness (QED) is 0.149. The topological polar surface area (TPSA) is 21.3 Å². The van der Waals surface area contributed by atoms with E-state index in [2.05, 4.69) is 246 Å². The third kappa shape index (κ3) is 6.12. The van der Waals surface area contributed by atoms with Crippen LogP contribution in [-0.2, 0) is 0 Å². The number of anilines is 3. The van der Waals surface area contributed by atoms with Crippen molar-refractivity contribution in [3.8, 4) is 39.1 Å². The van der Waals surface area contributed by atoms with Gasteiger partial charge in [0.05, 0.1) is 16.7 Å². The number of fused-ring (bicyclic) bond motifs is 9. The van der Waals surface area contributed by atoms with Crippen molar-refractivity contribution in [2.45, 2.75) is 0 Å². The largest absolute Gasteiger partial charge is 0.456 e. The summed E-state index contributed by atoms with van der Waals surface area (Å²) in [4.78, 5) is 2.41. The molecule has 65 heavy (non-hydrogen) atoms. The third-order valence-corrected chi connectivity index (χ3v) is 13.2. The SMILES string of the molecule is c1ccc(N(c2ccc(-c3ccc(-c4ccc(-n5c6ccccc6c6ccccc65)cc4)cc3)cc2)c2ccc3ccc4ccccc4c3c2)c(-c2cccc3oc4ccccc4c23)c1. The van der Waals surface area contributed by atoms with Gasteiger partial charge >= 0.3 is 0 Å². The minimum atomic E-state index is 0.883. The lowest BCUT2D eigenvalue weighted by Crippen LogP contribution is -2.11. The molecule has 0 atom stereocenters. The van der Waals surface area contributed by atoms with Crippen molar-refractivity contribution in [2.24, 2.45) is 0 Å². The smallest absolute Gasteiger partial charge is 0.136 e. The molecule has 13 rings (SSSR count). The van der Waals surface area contributed by atoms with Crippen LogP contribution in [0.1, 0.15) is 0 Å². The van der Waals surface area contributed by atoms with Crippen molar-refractivity contribution in [3.63, 3.8) is 0 Å². The highest BCUT2D eigenvalue weighted by Gasteiger charge is 2.21. The fraction of sp³-hybridized carbons (Fsp3) is 0. The first-order valence-corrected chi connectivity index (χ1v) is 22.2. The molecular weight excluding hydrogens is 789 g/mol. The zero-order chi connectivity index (χ0) is 42.8. The molecule has 0 aliphatic heterocycles. The maximum Gasteiger partial charge on any atom is 0.136 e. The molecule has 0 saturated carbocycles. The van der Waals surface area contributed by atoms with Crippen molar-refractivity contribution in [2.75, 3.05) is 4.90 Å². The van der Waals surface area contributed by atoms with Crippen LogP contribution in [0.15, 0.2) is 247 Å². The molecule has 0 aliphatic carbocycles. The number of benzene rings is 11. The number of hydrogen-bond donors (Lipinski definition) is 0. The Morgan fingerprint density at radius 3 is 1.52 bits per heavy atom. The number of aromatic nitrogens is 1. The van der Waals surface area contributed by atoms with Gasteiger partial charge in [-0.2, -0.15) is 0 Å². The maximum atomic E-state index is 6.39. The van der Waals surface area contributed by atoms with E-state index in [-0.39, 0.29) is 0 Å². The standard InChI is InChI=1S/C62H40N2O/c1-2-13-50-45(12-1)28-29-46-34-39-49(40-56(46)50)63(57-19-7-5-16-53(57)54-18-11-23-61-62(54)55-17-6-10-22-60(55)65-61)47-35-30-43(31-36-47)41-24-26-42(27-25-41)44-32-37-48(38-33-44)64-58-20-8-3-14-51(58)52-15-4-9-21-59(52)64/h1-40H. The minimum Gasteiger partial charge on any atom is -0.456 e. The van der Waals surface area contributed by atoms with Crippen molar-refractivity contribution in [1.29, 1.82) is 0 Å². The molecule has 0 bridgehead atoms. The number of para-hydroxylation sites is 4. The first-order chi connectivity index (χ1) is 32.2. The summed E-state index contributed by atoms with van der Waals surface area (Å²) in [5.41, 5.74) is 15.6. The molecule has 0 spiro atoms. The monoisotopic (exact) mass is 828 g/mol. The second-order valence-corrected chi connectivity index (χ2v) is 16.9. The molecule has 0 fully saturated rings. The summed E-state index contributed by atoms with van der Waals surface area (Å²) >= 11 is 0. The van der Waals surface area contributed by atoms with E-state index in [9.17, 15) is 0 Å². The summed E-state index contributed by atoms with van der Waals surface area (Å²) in [6.45, 7) is 0. The Labute approximate surface area is 376 Å². The van der Waals surface area contributed by atoms with E-state index in [1.54, 1.807) is 0 Å². The van der Waals surface area contributed by atoms with E-state index in [0.717, 1.165) is 61.4 Å². The van der Waals surface area contributed by atoms with Crippen LogP contribution in [0.3, 0.4) is 0 Å². The zero-order valence-corrected chi connectivity index (χ0v) is 35.4. The molecule has 0 saturated heterocycles. The summed E-state index contributed by atoms with van der Waals surface area (Å²) < 4.78 is 8.76. The molecule has 0 radical (unpaired) electrons. The Balaban J connectivity index is 0.879. The lowest BCUT2D eigenvalue weighted by Gasteiger charge is -2.28. The minimum absolute atomic E-state index is 0.883. The van der Waals surface area contributed by atoms with Crippen molar-refractivity contribution >= 4 is 82.4 Å². The molecule has 0 aliphatic rings. The maximum absolute atomic E-state index is 6.39. The molecule has 3 heteroatoms. The molecular formula is C62H40N2O. The lowest BCUT2D eigenvalue weighted by molar-refractivity contribution is 0.669. The summed E-state index contributed by atoms with van der Waals surface area (Å²) in [6, 6.07) is 87.7. The summed E-state index contributed by atoms with van der Waals surface area (Å²) in [5.74, 6) is 0. The van der Waals surface area contributed by atoms with Crippen molar-refractivity contribution < 1.29 is 4.42 Å². The highest BCUT2D eigenvalue weighted by Crippen LogP contribution is 2.46. The van der Waals surface area contributed by atoms with Crippen LogP contribution in [0.5, 0.6) is 0 Å². The Bertz CT molecular complexity index is 3880. The second kappa shape index (κ2) is 15.0. The van der Waals surface area contributed by atoms with E-state index in [1.807, 2.05) is 6.07 Å². The highest BCUT2D eigenvalue weighted by molar-refractivity contribution is 6.14. The van der Waals surface area contributed by atoms with Gasteiger partial charge in [0, 0.05) is 44.2 Å². The fourth-order valence-corrected chi connectivity index (χ4v) is 10.1. The number of nitrogens with zero attached hydrogens (tertiary/aromatic N) is 2. The molecule has 11 aromatic carbocycles. The van der Waals surface area contributed by atoms with Crippen LogP contribution in [-0.4, -0.2) is 4.57 Å². The third-order valence-electron chi connectivity index (χ3n) is 13.2. The van der Waals surface area contributed by atoms with Gasteiger partial charge in [-0.3, -0.25) is 0 Å². The summed E-state index contributed by atoms with van der Waals surface area (Å²) in [7, 11) is 0. The molecule has 0 amide bonds. The lowest BCUT2D eigenvalue weighted by atomic mass is 9.96. The first-order valence-electron chi connectivity index (χ1n) is 22.2. The molecule has 0 N–H and O–H groups in total. The van der Waals surface area contributed by atoms with Gasteiger partial charge in [0.25, 0.3) is 0 Å². The summed E-state index contributed by atoms with van der Waals surface area (Å²) in [6.07, 6.45) is 0. The van der Waals surface area contributed by atoms with Crippen molar-refractivity contribution in [3.05, 3.63) is 243 Å². The highest BCUT2D eigenvalue weighted by atomic mass is 16.3.